The third kappa shape index (κ3) is 71.8. The molecule has 0 heterocycles. The van der Waals surface area contributed by atoms with Gasteiger partial charge in [-0.05, 0) is 263 Å². The first kappa shape index (κ1) is 142. The van der Waals surface area contributed by atoms with Crippen molar-refractivity contribution in [2.45, 2.75) is 268 Å². The maximum atomic E-state index is 14.3. The van der Waals surface area contributed by atoms with Crippen LogP contribution in [0, 0.1) is 21.7 Å². The molecule has 0 saturated heterocycles. The second kappa shape index (κ2) is 77.3. The molecule has 0 amide bonds. The minimum atomic E-state index is -1.92. The standard InChI is InChI=1S/C13H30N2S2.C12H28N2S2.C11H24F2N2S2.C11H26N2S2.C10H22F2N2S2.C9H20F2N2S2.C9H22N2S2.C7H16F2N2S2/c1-5-14-9-12(3,10-16)7-8-13(4,11-17)15-6-2;1-5-14-12(3,10-16)7-6-11(2,9-15)8-13-4;1-3-14-7-10(12,8-16)5-6-11(13,9-17)15-4-2;1-10(8-14,7-12-3)5-6-11(2,9-15)13-4;1-3-14-10(12,8-16)5-4-9(11,7-15)6-13-2;1-12-5-8(10,6-14)3-4-9(11,7-15)13-2;1-8(5-10,6-12)3-4-9(2,11)7-13;8-6(3-10,4-12)1-2-7(9,11)5-13/h14-17H,5-11H2,1-4H3;13-16H,5-10H2,1-4H3;14-17H,3-9H2,1-2H3;12-15H,5-9H2,1-4H3;13-16H,3-8H2,1-2H3;12-15H,3-7H2,1-2H3;12-13H,3-7,10-11H2,1-2H3;12-13H,1-5,10-11H2/t12-,13+;11-,12+;10-,11-;10-,11+;9-,10-;8-,9-;8-,9+;6-,7-/m00101101/s1. The second-order valence-electron chi connectivity index (χ2n) is 35.4. The van der Waals surface area contributed by atoms with Gasteiger partial charge in [-0.1, -0.05) is 69.2 Å². The van der Waals surface area contributed by atoms with E-state index in [0.29, 0.717) is 31.9 Å². The normalized spacial score (nSPS) is 19.5. The Morgan fingerprint density at radius 1 is 0.238 bits per heavy atom. The predicted octanol–water partition coefficient (Wildman–Crippen LogP) is 14.4. The molecule has 122 heavy (non-hydrogen) atoms. The first-order chi connectivity index (χ1) is 56.5. The van der Waals surface area contributed by atoms with Crippen molar-refractivity contribution < 1.29 is 35.1 Å². The van der Waals surface area contributed by atoms with Crippen LogP contribution in [-0.2, 0) is 0 Å². The number of thiol groups is 16. The second-order valence-corrected chi connectivity index (χ2v) is 40.4. The van der Waals surface area contributed by atoms with Gasteiger partial charge in [0.25, 0.3) is 0 Å². The molecule has 0 saturated carbocycles. The van der Waals surface area contributed by atoms with Crippen molar-refractivity contribution in [3.63, 3.8) is 0 Å². The molecule has 0 aromatic carbocycles. The van der Waals surface area contributed by atoms with Crippen molar-refractivity contribution in [2.24, 2.45) is 44.6 Å². The summed E-state index contributed by atoms with van der Waals surface area (Å²) in [6, 6.07) is 0. The van der Waals surface area contributed by atoms with E-state index < -0.39 is 45.8 Å². The summed E-state index contributed by atoms with van der Waals surface area (Å²) in [5, 5.41) is 36.7. The monoisotopic (exact) mass is 2060 g/mol. The summed E-state index contributed by atoms with van der Waals surface area (Å²) < 4.78 is 111. The number of rotatable bonds is 66. The van der Waals surface area contributed by atoms with Crippen LogP contribution in [0.25, 0.3) is 0 Å². The number of nitrogens with two attached hydrogens (primary N) is 4. The summed E-state index contributed by atoms with van der Waals surface area (Å²) in [7, 11) is 10.9. The molecule has 0 spiro atoms. The van der Waals surface area contributed by atoms with Gasteiger partial charge >= 0.3 is 0 Å². The smallest absolute Gasteiger partial charge is 0.170 e. The molecular formula is C82H188F8N16S16. The zero-order valence-corrected chi connectivity index (χ0v) is 93.3. The zero-order chi connectivity index (χ0) is 97.0. The fraction of sp³-hybridized carbons (Fsp3) is 1.00. The summed E-state index contributed by atoms with van der Waals surface area (Å²) in [6.45, 7) is 38.7. The van der Waals surface area contributed by atoms with Crippen LogP contribution in [0.3, 0.4) is 0 Å². The minimum absolute atomic E-state index is 0.0217. The van der Waals surface area contributed by atoms with Gasteiger partial charge in [-0.25, -0.2) is 35.1 Å². The number of hydrogen-bond acceptors (Lipinski definition) is 32. The minimum Gasteiger partial charge on any atom is -0.330 e. The number of alkyl halides is 8. The van der Waals surface area contributed by atoms with E-state index in [1.807, 2.05) is 48.8 Å². The molecular weight excluding hydrogens is 1870 g/mol. The van der Waals surface area contributed by atoms with Crippen LogP contribution in [0.1, 0.15) is 200 Å². The molecule has 40 heteroatoms. The molecule has 0 aromatic heterocycles. The van der Waals surface area contributed by atoms with Crippen LogP contribution < -0.4 is 86.7 Å². The van der Waals surface area contributed by atoms with Crippen LogP contribution in [-0.4, -0.2) is 294 Å². The van der Waals surface area contributed by atoms with Crippen molar-refractivity contribution in [3.8, 4) is 0 Å². The molecule has 748 valence electrons. The largest absolute Gasteiger partial charge is 0.330 e. The van der Waals surface area contributed by atoms with Gasteiger partial charge in [-0.3, -0.25) is 21.7 Å². The van der Waals surface area contributed by atoms with Crippen molar-refractivity contribution >= 4 is 202 Å². The molecule has 0 unspecified atom stereocenters. The lowest BCUT2D eigenvalue weighted by atomic mass is 9.82. The van der Waals surface area contributed by atoms with Gasteiger partial charge in [0.1, 0.15) is 22.7 Å². The molecule has 0 aliphatic heterocycles. The van der Waals surface area contributed by atoms with E-state index >= 15 is 0 Å². The topological polar surface area (TPSA) is 248 Å². The van der Waals surface area contributed by atoms with E-state index in [9.17, 15) is 35.1 Å². The Balaban J connectivity index is -0.000000203. The average Bonchev–Trinajstić information content (AvgIpc) is 0.867. The third-order valence-corrected chi connectivity index (χ3v) is 32.1. The first-order valence-corrected chi connectivity index (χ1v) is 53.2. The molecule has 0 rings (SSSR count). The van der Waals surface area contributed by atoms with Crippen molar-refractivity contribution in [3.05, 3.63) is 0 Å². The Morgan fingerprint density at radius 2 is 0.533 bits per heavy atom. The summed E-state index contributed by atoms with van der Waals surface area (Å²) >= 11 is 66.5. The number of hydrogen-bond donors (Lipinski definition) is 32. The Labute approximate surface area is 831 Å². The fourth-order valence-corrected chi connectivity index (χ4v) is 15.4. The number of halogens is 8. The van der Waals surface area contributed by atoms with Crippen molar-refractivity contribution in [1.82, 2.24) is 63.8 Å². The highest BCUT2D eigenvalue weighted by Crippen LogP contribution is 2.34. The van der Waals surface area contributed by atoms with Crippen LogP contribution in [0.2, 0.25) is 0 Å². The summed E-state index contributed by atoms with van der Waals surface area (Å²) in [5.74, 6) is 0.443. The van der Waals surface area contributed by atoms with E-state index in [4.69, 9.17) is 22.9 Å². The summed E-state index contributed by atoms with van der Waals surface area (Å²) in [6.07, 6.45) is 9.44. The van der Waals surface area contributed by atoms with Gasteiger partial charge in [0.15, 0.2) is 23.2 Å². The fourth-order valence-electron chi connectivity index (χ4n) is 11.2. The Morgan fingerprint density at radius 3 is 0.779 bits per heavy atom. The van der Waals surface area contributed by atoms with Crippen LogP contribution in [0.4, 0.5) is 35.1 Å². The average molecular weight is 2060 g/mol. The van der Waals surface area contributed by atoms with Crippen molar-refractivity contribution in [1.29, 1.82) is 0 Å². The first-order valence-electron chi connectivity index (χ1n) is 43.1. The lowest BCUT2D eigenvalue weighted by Gasteiger charge is -2.35. The van der Waals surface area contributed by atoms with Gasteiger partial charge < -0.3 is 65.1 Å². The van der Waals surface area contributed by atoms with Crippen molar-refractivity contribution in [2.75, 3.05) is 226 Å². The molecule has 16 atom stereocenters. The Kier molecular flexibility index (Phi) is 89.9. The highest BCUT2D eigenvalue weighted by molar-refractivity contribution is 7.82. The predicted molar refractivity (Wildman–Crippen MR) is 584 cm³/mol. The molecule has 20 N–H and O–H groups in total. The summed E-state index contributed by atoms with van der Waals surface area (Å²) in [5.41, 5.74) is 17.2. The van der Waals surface area contributed by atoms with Gasteiger partial charge in [-0.15, -0.1) is 0 Å². The molecule has 0 aliphatic rings. The third-order valence-electron chi connectivity index (χ3n) is 21.9. The van der Waals surface area contributed by atoms with Gasteiger partial charge in [0.05, 0.1) is 0 Å². The maximum absolute atomic E-state index is 14.3. The molecule has 0 fully saturated rings. The lowest BCUT2D eigenvalue weighted by Crippen LogP contribution is -2.46. The van der Waals surface area contributed by atoms with Gasteiger partial charge in [0, 0.05) is 137 Å². The SMILES string of the molecule is CCNC[C@@](C)(CS)CC[C@](C)(CS)NCC.CCNC[C@@](F)(CS)CC[C@](F)(CS)NCC.CCN[C@@](C)(CS)CC[C@](C)(CS)CNC.CCN[C@@](F)(CS)CC[C@](F)(CS)CNC.CNC[C@@](C)(CS)CC[C@](C)(CS)NC.CNC[C@@](F)(CS)CC[C@](F)(CS)NC.C[C@](N)(CS)CC[C@@](C)(CN)CS.NC[C@@](F)(CS)CC[C@](N)(F)CS. The quantitative estimate of drug-likeness (QED) is 0.0154. The Hall–Kier alpha value is 4.40. The van der Waals surface area contributed by atoms with Crippen LogP contribution >= 0.6 is 202 Å². The van der Waals surface area contributed by atoms with E-state index in [1.165, 1.54) is 19.9 Å². The van der Waals surface area contributed by atoms with Crippen LogP contribution in [0.5, 0.6) is 0 Å². The highest BCUT2D eigenvalue weighted by Gasteiger charge is 2.39. The molecule has 0 radical (unpaired) electrons. The lowest BCUT2D eigenvalue weighted by molar-refractivity contribution is 0.0904. The summed E-state index contributed by atoms with van der Waals surface area (Å²) in [4.78, 5) is 0. The Bertz CT molecular complexity index is 2180. The van der Waals surface area contributed by atoms with E-state index in [0.717, 1.165) is 118 Å². The van der Waals surface area contributed by atoms with E-state index in [2.05, 4.69) is 335 Å². The van der Waals surface area contributed by atoms with Gasteiger partial charge in [-0.2, -0.15) is 202 Å². The molecule has 0 bridgehead atoms. The molecule has 0 aromatic rings. The molecule has 0 aliphatic carbocycles. The van der Waals surface area contributed by atoms with E-state index in [-0.39, 0.29) is 167 Å². The highest BCUT2D eigenvalue weighted by atomic mass is 32.1. The van der Waals surface area contributed by atoms with Gasteiger partial charge in [0.2, 0.25) is 0 Å². The van der Waals surface area contributed by atoms with Crippen LogP contribution in [0.15, 0.2) is 0 Å². The number of nitrogens with one attached hydrogen (secondary N) is 12. The zero-order valence-electron chi connectivity index (χ0n) is 79.0. The van der Waals surface area contributed by atoms with E-state index in [1.54, 1.807) is 14.1 Å². The molecule has 16 nitrogen and oxygen atoms in total. The maximum Gasteiger partial charge on any atom is 0.170 e.